The number of anilines is 2. The minimum absolute atomic E-state index is 0.0477. The van der Waals surface area contributed by atoms with Crippen molar-refractivity contribution < 1.29 is 4.42 Å². The van der Waals surface area contributed by atoms with Crippen molar-refractivity contribution in [3.8, 4) is 0 Å². The lowest BCUT2D eigenvalue weighted by atomic mass is 10.2. The largest absolute Gasteiger partial charge is 0.467 e. The second kappa shape index (κ2) is 5.22. The van der Waals surface area contributed by atoms with Crippen molar-refractivity contribution in [3.63, 3.8) is 0 Å². The fourth-order valence-electron chi connectivity index (χ4n) is 1.41. The average molecular weight is 268 g/mol. The number of rotatable bonds is 4. The molecule has 2 rings (SSSR count). The lowest BCUT2D eigenvalue weighted by Crippen LogP contribution is -2.16. The van der Waals surface area contributed by atoms with E-state index in [1.165, 1.54) is 0 Å². The van der Waals surface area contributed by atoms with E-state index in [2.05, 4.69) is 20.3 Å². The Labute approximate surface area is 110 Å². The van der Waals surface area contributed by atoms with Gasteiger partial charge < -0.3 is 14.6 Å². The van der Waals surface area contributed by atoms with Crippen LogP contribution in [0.1, 0.15) is 18.7 Å². The molecule has 0 saturated carbocycles. The highest BCUT2D eigenvalue weighted by atomic mass is 35.5. The number of hydrogen-bond acceptors (Lipinski definition) is 6. The van der Waals surface area contributed by atoms with Crippen LogP contribution in [-0.4, -0.2) is 29.0 Å². The molecule has 96 valence electrons. The molecular weight excluding hydrogens is 254 g/mol. The minimum Gasteiger partial charge on any atom is -0.467 e. The normalized spacial score (nSPS) is 12.2. The predicted molar refractivity (Wildman–Crippen MR) is 69.9 cm³/mol. The smallest absolute Gasteiger partial charge is 0.230 e. The monoisotopic (exact) mass is 267 g/mol. The number of furan rings is 1. The highest BCUT2D eigenvalue weighted by Crippen LogP contribution is 2.19. The number of nitrogens with zero attached hydrogens (tertiary/aromatic N) is 4. The number of aromatic nitrogens is 3. The molecule has 1 unspecified atom stereocenters. The van der Waals surface area contributed by atoms with Crippen LogP contribution in [-0.2, 0) is 0 Å². The summed E-state index contributed by atoms with van der Waals surface area (Å²) in [7, 11) is 3.68. The fourth-order valence-corrected chi connectivity index (χ4v) is 1.56. The molecule has 2 aromatic heterocycles. The van der Waals surface area contributed by atoms with Crippen molar-refractivity contribution in [1.29, 1.82) is 0 Å². The molecule has 0 aromatic carbocycles. The van der Waals surface area contributed by atoms with Gasteiger partial charge in [0.15, 0.2) is 0 Å². The molecule has 0 bridgehead atoms. The summed E-state index contributed by atoms with van der Waals surface area (Å²) in [6.07, 6.45) is 1.62. The van der Waals surface area contributed by atoms with Crippen molar-refractivity contribution in [2.45, 2.75) is 13.0 Å². The third-order valence-corrected chi connectivity index (χ3v) is 2.48. The number of nitrogens with one attached hydrogen (secondary N) is 1. The van der Waals surface area contributed by atoms with Crippen LogP contribution in [0.2, 0.25) is 5.28 Å². The summed E-state index contributed by atoms with van der Waals surface area (Å²) < 4.78 is 5.30. The molecule has 2 aromatic rings. The molecule has 2 heterocycles. The zero-order valence-corrected chi connectivity index (χ0v) is 11.1. The summed E-state index contributed by atoms with van der Waals surface area (Å²) >= 11 is 5.85. The Morgan fingerprint density at radius 1 is 1.33 bits per heavy atom. The van der Waals surface area contributed by atoms with Gasteiger partial charge in [-0.05, 0) is 30.7 Å². The summed E-state index contributed by atoms with van der Waals surface area (Å²) in [5.41, 5.74) is 0. The van der Waals surface area contributed by atoms with Gasteiger partial charge in [-0.2, -0.15) is 15.0 Å². The first-order valence-corrected chi connectivity index (χ1v) is 5.83. The molecule has 0 amide bonds. The van der Waals surface area contributed by atoms with Gasteiger partial charge in [0.25, 0.3) is 0 Å². The van der Waals surface area contributed by atoms with E-state index < -0.39 is 0 Å². The third-order valence-electron chi connectivity index (χ3n) is 2.31. The molecule has 1 atom stereocenters. The molecule has 0 spiro atoms. The van der Waals surface area contributed by atoms with E-state index in [0.29, 0.717) is 11.9 Å². The van der Waals surface area contributed by atoms with Crippen LogP contribution < -0.4 is 10.2 Å². The Balaban J connectivity index is 2.18. The van der Waals surface area contributed by atoms with Gasteiger partial charge in [-0.25, -0.2) is 0 Å². The predicted octanol–water partition coefficient (Wildman–Crippen LogP) is 2.36. The van der Waals surface area contributed by atoms with Gasteiger partial charge in [0.05, 0.1) is 12.3 Å². The Kier molecular flexibility index (Phi) is 3.66. The fraction of sp³-hybridized carbons (Fsp3) is 0.364. The van der Waals surface area contributed by atoms with Gasteiger partial charge in [0.1, 0.15) is 5.76 Å². The maximum Gasteiger partial charge on any atom is 0.230 e. The molecule has 0 fully saturated rings. The number of hydrogen-bond donors (Lipinski definition) is 1. The van der Waals surface area contributed by atoms with Crippen molar-refractivity contribution >= 4 is 23.5 Å². The highest BCUT2D eigenvalue weighted by molar-refractivity contribution is 6.28. The quantitative estimate of drug-likeness (QED) is 0.917. The zero-order valence-electron chi connectivity index (χ0n) is 10.4. The molecule has 6 nitrogen and oxygen atoms in total. The Bertz CT molecular complexity index is 514. The van der Waals surface area contributed by atoms with Crippen LogP contribution in [0.15, 0.2) is 22.8 Å². The third kappa shape index (κ3) is 2.89. The summed E-state index contributed by atoms with van der Waals surface area (Å²) in [5, 5.41) is 3.27. The molecule has 0 aliphatic carbocycles. The van der Waals surface area contributed by atoms with Crippen LogP contribution in [0.25, 0.3) is 0 Å². The molecule has 0 radical (unpaired) electrons. The van der Waals surface area contributed by atoms with Gasteiger partial charge in [-0.15, -0.1) is 0 Å². The van der Waals surface area contributed by atoms with E-state index in [-0.39, 0.29) is 11.3 Å². The van der Waals surface area contributed by atoms with Crippen LogP contribution in [0.5, 0.6) is 0 Å². The van der Waals surface area contributed by atoms with E-state index in [4.69, 9.17) is 16.0 Å². The van der Waals surface area contributed by atoms with Crippen molar-refractivity contribution in [2.24, 2.45) is 0 Å². The van der Waals surface area contributed by atoms with Crippen LogP contribution in [0.3, 0.4) is 0 Å². The van der Waals surface area contributed by atoms with Gasteiger partial charge in [-0.1, -0.05) is 0 Å². The van der Waals surface area contributed by atoms with Gasteiger partial charge in [0.2, 0.25) is 17.2 Å². The lowest BCUT2D eigenvalue weighted by molar-refractivity contribution is 0.489. The number of halogens is 1. The van der Waals surface area contributed by atoms with Crippen LogP contribution in [0.4, 0.5) is 11.9 Å². The average Bonchev–Trinajstić information content (AvgIpc) is 2.81. The first-order chi connectivity index (χ1) is 8.56. The molecule has 18 heavy (non-hydrogen) atoms. The second-order valence-corrected chi connectivity index (χ2v) is 4.34. The van der Waals surface area contributed by atoms with E-state index in [9.17, 15) is 0 Å². The van der Waals surface area contributed by atoms with Crippen molar-refractivity contribution in [2.75, 3.05) is 24.3 Å². The van der Waals surface area contributed by atoms with E-state index >= 15 is 0 Å². The van der Waals surface area contributed by atoms with Crippen LogP contribution >= 0.6 is 11.6 Å². The van der Waals surface area contributed by atoms with Crippen LogP contribution in [0, 0.1) is 0 Å². The first-order valence-electron chi connectivity index (χ1n) is 5.45. The minimum atomic E-state index is -0.0477. The lowest BCUT2D eigenvalue weighted by Gasteiger charge is -2.14. The SMILES string of the molecule is CC(Nc1nc(Cl)nc(N(C)C)n1)c1ccco1. The Hall–Kier alpha value is -1.82. The van der Waals surface area contributed by atoms with Gasteiger partial charge >= 0.3 is 0 Å². The Morgan fingerprint density at radius 2 is 2.11 bits per heavy atom. The highest BCUT2D eigenvalue weighted by Gasteiger charge is 2.12. The van der Waals surface area contributed by atoms with Crippen molar-refractivity contribution in [3.05, 3.63) is 29.4 Å². The summed E-state index contributed by atoms with van der Waals surface area (Å²) in [4.78, 5) is 14.0. The van der Waals surface area contributed by atoms with Gasteiger partial charge in [0, 0.05) is 14.1 Å². The van der Waals surface area contributed by atoms with Gasteiger partial charge in [-0.3, -0.25) is 0 Å². The first kappa shape index (κ1) is 12.6. The second-order valence-electron chi connectivity index (χ2n) is 4.00. The van der Waals surface area contributed by atoms with E-state index in [1.807, 2.05) is 33.2 Å². The molecule has 7 heteroatoms. The topological polar surface area (TPSA) is 67.1 Å². The molecule has 0 aliphatic heterocycles. The summed E-state index contributed by atoms with van der Waals surface area (Å²) in [6.45, 7) is 1.95. The van der Waals surface area contributed by atoms with E-state index in [0.717, 1.165) is 5.76 Å². The maximum absolute atomic E-state index is 5.85. The zero-order chi connectivity index (χ0) is 13.1. The molecule has 1 N–H and O–H groups in total. The summed E-state index contributed by atoms with van der Waals surface area (Å²) in [6, 6.07) is 3.67. The molecule has 0 aliphatic rings. The molecule has 0 saturated heterocycles. The summed E-state index contributed by atoms with van der Waals surface area (Å²) in [5.74, 6) is 1.73. The maximum atomic E-state index is 5.85. The van der Waals surface area contributed by atoms with Crippen molar-refractivity contribution in [1.82, 2.24) is 15.0 Å². The Morgan fingerprint density at radius 3 is 2.72 bits per heavy atom. The standard InChI is InChI=1S/C11H14ClN5O/c1-7(8-5-4-6-18-8)13-10-14-9(12)15-11(16-10)17(2)3/h4-7H,1-3H3,(H,13,14,15,16). The van der Waals surface area contributed by atoms with E-state index in [1.54, 1.807) is 11.2 Å². The molecular formula is C11H14ClN5O.